The highest BCUT2D eigenvalue weighted by Gasteiger charge is 2.12. The Morgan fingerprint density at radius 1 is 1.25 bits per heavy atom. The maximum absolute atomic E-state index is 6.08. The zero-order chi connectivity index (χ0) is 11.7. The molecule has 0 aliphatic carbocycles. The first-order valence-corrected chi connectivity index (χ1v) is 5.27. The summed E-state index contributed by atoms with van der Waals surface area (Å²) >= 11 is 6.08. The van der Waals surface area contributed by atoms with Gasteiger partial charge in [-0.2, -0.15) is 0 Å². The van der Waals surface area contributed by atoms with Gasteiger partial charge in [0, 0.05) is 11.1 Å². The third-order valence-electron chi connectivity index (χ3n) is 2.37. The molecule has 0 aliphatic rings. The van der Waals surface area contributed by atoms with Crippen LogP contribution in [0.4, 0.5) is 0 Å². The van der Waals surface area contributed by atoms with E-state index < -0.39 is 0 Å². The van der Waals surface area contributed by atoms with Crippen LogP contribution in [0, 0.1) is 13.8 Å². The molecule has 0 bridgehead atoms. The molecule has 84 valence electrons. The van der Waals surface area contributed by atoms with Gasteiger partial charge in [-0.3, -0.25) is 0 Å². The highest BCUT2D eigenvalue weighted by atomic mass is 35.5. The minimum atomic E-state index is 0.663. The van der Waals surface area contributed by atoms with E-state index >= 15 is 0 Å². The second-order valence-electron chi connectivity index (χ2n) is 3.63. The van der Waals surface area contributed by atoms with Crippen molar-refractivity contribution in [2.24, 2.45) is 0 Å². The second-order valence-corrected chi connectivity index (χ2v) is 4.04. The number of hydrogen-bond donors (Lipinski definition) is 0. The molecule has 0 aliphatic heterocycles. The van der Waals surface area contributed by atoms with Gasteiger partial charge < -0.3 is 9.26 Å². The average Bonchev–Trinajstić information content (AvgIpc) is 2.68. The van der Waals surface area contributed by atoms with Crippen LogP contribution in [0.15, 0.2) is 22.7 Å². The van der Waals surface area contributed by atoms with Crippen LogP contribution in [0.25, 0.3) is 11.3 Å². The van der Waals surface area contributed by atoms with Crippen molar-refractivity contribution in [3.8, 4) is 17.1 Å². The highest BCUT2D eigenvalue weighted by molar-refractivity contribution is 6.31. The number of nitrogens with zero attached hydrogens (tertiary/aromatic N) is 1. The van der Waals surface area contributed by atoms with Crippen molar-refractivity contribution >= 4 is 11.6 Å². The summed E-state index contributed by atoms with van der Waals surface area (Å²) in [5.41, 5.74) is 2.62. The summed E-state index contributed by atoms with van der Waals surface area (Å²) in [4.78, 5) is 0. The summed E-state index contributed by atoms with van der Waals surface area (Å²) in [6, 6.07) is 5.56. The molecule has 4 heteroatoms. The van der Waals surface area contributed by atoms with Crippen LogP contribution in [0.3, 0.4) is 0 Å². The van der Waals surface area contributed by atoms with E-state index in [0.717, 1.165) is 22.6 Å². The van der Waals surface area contributed by atoms with Crippen LogP contribution in [0.5, 0.6) is 5.75 Å². The molecule has 2 rings (SSSR count). The number of aromatic nitrogens is 1. The molecule has 1 heterocycles. The van der Waals surface area contributed by atoms with E-state index in [1.165, 1.54) is 0 Å². The zero-order valence-corrected chi connectivity index (χ0v) is 10.1. The molecule has 2 aromatic rings. The smallest absolute Gasteiger partial charge is 0.170 e. The lowest BCUT2D eigenvalue weighted by Crippen LogP contribution is -1.89. The van der Waals surface area contributed by atoms with Crippen LogP contribution in [0.1, 0.15) is 11.3 Å². The van der Waals surface area contributed by atoms with Crippen LogP contribution in [-0.4, -0.2) is 12.3 Å². The minimum absolute atomic E-state index is 0.663. The van der Waals surface area contributed by atoms with Crippen molar-refractivity contribution in [1.82, 2.24) is 5.16 Å². The predicted molar refractivity (Wildman–Crippen MR) is 63.0 cm³/mol. The second kappa shape index (κ2) is 4.18. The fourth-order valence-electron chi connectivity index (χ4n) is 1.51. The molecular formula is C12H12ClNO2. The summed E-state index contributed by atoms with van der Waals surface area (Å²) in [5, 5.41) is 4.53. The number of halogens is 1. The van der Waals surface area contributed by atoms with Gasteiger partial charge >= 0.3 is 0 Å². The number of aryl methyl sites for hydroxylation is 2. The molecule has 1 aromatic carbocycles. The fourth-order valence-corrected chi connectivity index (χ4v) is 1.67. The van der Waals surface area contributed by atoms with E-state index in [1.807, 2.05) is 32.0 Å². The molecule has 16 heavy (non-hydrogen) atoms. The molecule has 0 radical (unpaired) electrons. The molecule has 0 unspecified atom stereocenters. The molecule has 0 amide bonds. The van der Waals surface area contributed by atoms with Gasteiger partial charge in [-0.05, 0) is 31.5 Å². The van der Waals surface area contributed by atoms with Crippen molar-refractivity contribution in [3.05, 3.63) is 34.5 Å². The van der Waals surface area contributed by atoms with E-state index in [9.17, 15) is 0 Å². The minimum Gasteiger partial charge on any atom is -0.496 e. The predicted octanol–water partition coefficient (Wildman–Crippen LogP) is 3.62. The fraction of sp³-hybridized carbons (Fsp3) is 0.250. The lowest BCUT2D eigenvalue weighted by Gasteiger charge is -2.08. The Morgan fingerprint density at radius 3 is 2.56 bits per heavy atom. The van der Waals surface area contributed by atoms with Gasteiger partial charge in [-0.1, -0.05) is 16.8 Å². The monoisotopic (exact) mass is 237 g/mol. The maximum atomic E-state index is 6.08. The third kappa shape index (κ3) is 1.91. The summed E-state index contributed by atoms with van der Waals surface area (Å²) in [7, 11) is 1.62. The van der Waals surface area contributed by atoms with Gasteiger partial charge in [-0.25, -0.2) is 0 Å². The number of methoxy groups -OCH3 is 1. The van der Waals surface area contributed by atoms with E-state index in [4.69, 9.17) is 20.9 Å². The van der Waals surface area contributed by atoms with E-state index in [0.29, 0.717) is 10.8 Å². The first-order chi connectivity index (χ1) is 7.61. The number of rotatable bonds is 2. The number of benzene rings is 1. The van der Waals surface area contributed by atoms with Crippen LogP contribution in [-0.2, 0) is 0 Å². The lowest BCUT2D eigenvalue weighted by molar-refractivity contribution is 0.404. The third-order valence-corrected chi connectivity index (χ3v) is 2.78. The van der Waals surface area contributed by atoms with Crippen molar-refractivity contribution in [2.75, 3.05) is 7.11 Å². The van der Waals surface area contributed by atoms with E-state index in [1.54, 1.807) is 7.11 Å². The molecule has 0 saturated carbocycles. The summed E-state index contributed by atoms with van der Waals surface area (Å²) in [6.07, 6.45) is 0. The van der Waals surface area contributed by atoms with Gasteiger partial charge in [-0.15, -0.1) is 0 Å². The van der Waals surface area contributed by atoms with Crippen molar-refractivity contribution in [2.45, 2.75) is 13.8 Å². The lowest BCUT2D eigenvalue weighted by atomic mass is 10.1. The van der Waals surface area contributed by atoms with Gasteiger partial charge in [0.1, 0.15) is 5.75 Å². The van der Waals surface area contributed by atoms with Gasteiger partial charge in [0.05, 0.1) is 18.4 Å². The standard InChI is InChI=1S/C12H12ClNO2/c1-7-4-11(15-3)9(6-10(7)13)12-5-8(2)14-16-12/h4-6H,1-3H3. The van der Waals surface area contributed by atoms with Crippen LogP contribution < -0.4 is 4.74 Å². The van der Waals surface area contributed by atoms with E-state index in [-0.39, 0.29) is 0 Å². The maximum Gasteiger partial charge on any atom is 0.170 e. The van der Waals surface area contributed by atoms with Gasteiger partial charge in [0.2, 0.25) is 0 Å². The number of hydrogen-bond acceptors (Lipinski definition) is 3. The largest absolute Gasteiger partial charge is 0.496 e. The normalized spacial score (nSPS) is 10.5. The van der Waals surface area contributed by atoms with Crippen molar-refractivity contribution < 1.29 is 9.26 Å². The topological polar surface area (TPSA) is 35.3 Å². The molecule has 0 N–H and O–H groups in total. The Balaban J connectivity index is 2.59. The Hall–Kier alpha value is -1.48. The summed E-state index contributed by atoms with van der Waals surface area (Å²) < 4.78 is 10.5. The van der Waals surface area contributed by atoms with Crippen molar-refractivity contribution in [1.29, 1.82) is 0 Å². The first kappa shape index (κ1) is 11.0. The SMILES string of the molecule is COc1cc(C)c(Cl)cc1-c1cc(C)no1. The average molecular weight is 238 g/mol. The van der Waals surface area contributed by atoms with Crippen molar-refractivity contribution in [3.63, 3.8) is 0 Å². The van der Waals surface area contributed by atoms with E-state index in [2.05, 4.69) is 5.16 Å². The molecule has 0 spiro atoms. The first-order valence-electron chi connectivity index (χ1n) is 4.89. The highest BCUT2D eigenvalue weighted by Crippen LogP contribution is 2.34. The molecule has 0 fully saturated rings. The van der Waals surface area contributed by atoms with Crippen LogP contribution in [0.2, 0.25) is 5.02 Å². The van der Waals surface area contributed by atoms with Gasteiger partial charge in [0.25, 0.3) is 0 Å². The molecule has 1 aromatic heterocycles. The Bertz CT molecular complexity index is 520. The molecule has 0 saturated heterocycles. The summed E-state index contributed by atoms with van der Waals surface area (Å²) in [6.45, 7) is 3.80. The Morgan fingerprint density at radius 2 is 2.00 bits per heavy atom. The Labute approximate surface area is 99.0 Å². The number of ether oxygens (including phenoxy) is 1. The van der Waals surface area contributed by atoms with Crippen LogP contribution >= 0.6 is 11.6 Å². The summed E-state index contributed by atoms with van der Waals surface area (Å²) in [5.74, 6) is 1.40. The molecular weight excluding hydrogens is 226 g/mol. The zero-order valence-electron chi connectivity index (χ0n) is 9.37. The quantitative estimate of drug-likeness (QED) is 0.800. The molecule has 0 atom stereocenters. The van der Waals surface area contributed by atoms with Gasteiger partial charge in [0.15, 0.2) is 5.76 Å². The Kier molecular flexibility index (Phi) is 2.88. The molecule has 3 nitrogen and oxygen atoms in total.